The summed E-state index contributed by atoms with van der Waals surface area (Å²) in [5.41, 5.74) is -0.897. The van der Waals surface area contributed by atoms with E-state index in [4.69, 9.17) is 4.74 Å². The van der Waals surface area contributed by atoms with E-state index in [1.54, 1.807) is 4.90 Å². The molecule has 2 unspecified atom stereocenters. The third kappa shape index (κ3) is 1.84. The van der Waals surface area contributed by atoms with Crippen LogP contribution in [0.1, 0.15) is 12.1 Å². The van der Waals surface area contributed by atoms with E-state index in [1.807, 2.05) is 0 Å². The third-order valence-corrected chi connectivity index (χ3v) is 3.09. The van der Waals surface area contributed by atoms with E-state index in [2.05, 4.69) is 9.97 Å². The summed E-state index contributed by atoms with van der Waals surface area (Å²) in [7, 11) is 0. The van der Waals surface area contributed by atoms with Crippen molar-refractivity contribution in [2.75, 3.05) is 18.1 Å². The monoisotopic (exact) mass is 245 g/mol. The van der Waals surface area contributed by atoms with Crippen LogP contribution in [0.4, 0.5) is 19.1 Å². The summed E-state index contributed by atoms with van der Waals surface area (Å²) >= 11 is 0. The van der Waals surface area contributed by atoms with Crippen LogP contribution in [0, 0.1) is 0 Å². The minimum Gasteiger partial charge on any atom is -0.374 e. The summed E-state index contributed by atoms with van der Waals surface area (Å²) in [5, 5.41) is 0. The van der Waals surface area contributed by atoms with Crippen molar-refractivity contribution in [3.63, 3.8) is 0 Å². The van der Waals surface area contributed by atoms with Gasteiger partial charge in [-0.1, -0.05) is 0 Å². The number of ether oxygens (including phenoxy) is 1. The average Bonchev–Trinajstić information content (AvgIpc) is 2.89. The summed E-state index contributed by atoms with van der Waals surface area (Å²) in [6, 6.07) is 0.998. The Bertz CT molecular complexity index is 437. The second-order valence-electron chi connectivity index (χ2n) is 4.24. The van der Waals surface area contributed by atoms with Gasteiger partial charge in [0.15, 0.2) is 0 Å². The predicted octanol–water partition coefficient (Wildman–Crippen LogP) is 1.47. The Balaban J connectivity index is 1.89. The Kier molecular flexibility index (Phi) is 2.25. The largest absolute Gasteiger partial charge is 0.433 e. The van der Waals surface area contributed by atoms with E-state index in [0.29, 0.717) is 13.2 Å². The number of hydrogen-bond donors (Lipinski definition) is 0. The topological polar surface area (TPSA) is 38.2 Å². The molecule has 3 rings (SSSR count). The normalized spacial score (nSPS) is 27.8. The minimum atomic E-state index is -4.42. The molecule has 0 N–H and O–H groups in total. The van der Waals surface area contributed by atoms with Crippen molar-refractivity contribution < 1.29 is 17.9 Å². The van der Waals surface area contributed by atoms with Gasteiger partial charge in [0, 0.05) is 12.7 Å². The Hall–Kier alpha value is -1.37. The van der Waals surface area contributed by atoms with Crippen LogP contribution >= 0.6 is 0 Å². The van der Waals surface area contributed by atoms with Gasteiger partial charge in [-0.3, -0.25) is 0 Å². The first-order chi connectivity index (χ1) is 8.04. The molecule has 0 saturated carbocycles. The Morgan fingerprint density at radius 2 is 2.24 bits per heavy atom. The van der Waals surface area contributed by atoms with Crippen LogP contribution in [0.15, 0.2) is 12.3 Å². The van der Waals surface area contributed by atoms with Crippen LogP contribution in [-0.2, 0) is 10.9 Å². The smallest absolute Gasteiger partial charge is 0.374 e. The molecule has 0 amide bonds. The second kappa shape index (κ2) is 3.56. The Morgan fingerprint density at radius 1 is 1.41 bits per heavy atom. The first-order valence-electron chi connectivity index (χ1n) is 5.32. The van der Waals surface area contributed by atoms with Crippen LogP contribution in [0.25, 0.3) is 0 Å². The van der Waals surface area contributed by atoms with Crippen molar-refractivity contribution in [2.45, 2.75) is 24.7 Å². The lowest BCUT2D eigenvalue weighted by molar-refractivity contribution is -0.141. The van der Waals surface area contributed by atoms with Gasteiger partial charge < -0.3 is 9.64 Å². The number of hydrogen-bond acceptors (Lipinski definition) is 4. The van der Waals surface area contributed by atoms with Gasteiger partial charge in [-0.2, -0.15) is 13.2 Å². The lowest BCUT2D eigenvalue weighted by Crippen LogP contribution is -2.38. The number of alkyl halides is 3. The quantitative estimate of drug-likeness (QED) is 0.751. The number of morpholine rings is 1. The number of aromatic nitrogens is 2. The maximum absolute atomic E-state index is 12.5. The highest BCUT2D eigenvalue weighted by Gasteiger charge is 2.41. The van der Waals surface area contributed by atoms with Gasteiger partial charge in [0.05, 0.1) is 18.8 Å². The molecule has 2 bridgehead atoms. The lowest BCUT2D eigenvalue weighted by Gasteiger charge is -2.26. The van der Waals surface area contributed by atoms with Crippen LogP contribution in [0.3, 0.4) is 0 Å². The van der Waals surface area contributed by atoms with Crippen molar-refractivity contribution in [1.29, 1.82) is 0 Å². The Morgan fingerprint density at radius 3 is 2.82 bits per heavy atom. The summed E-state index contributed by atoms with van der Waals surface area (Å²) < 4.78 is 42.9. The summed E-state index contributed by atoms with van der Waals surface area (Å²) in [5.74, 6) is 0.149. The molecular weight excluding hydrogens is 235 g/mol. The molecule has 3 heterocycles. The molecule has 7 heteroatoms. The highest BCUT2D eigenvalue weighted by Crippen LogP contribution is 2.32. The number of rotatable bonds is 1. The zero-order chi connectivity index (χ0) is 12.0. The molecule has 0 aliphatic carbocycles. The molecule has 4 nitrogen and oxygen atoms in total. The highest BCUT2D eigenvalue weighted by atomic mass is 19.4. The lowest BCUT2D eigenvalue weighted by atomic mass is 10.2. The molecule has 0 aromatic carbocycles. The van der Waals surface area contributed by atoms with E-state index in [0.717, 1.165) is 18.7 Å². The minimum absolute atomic E-state index is 0.109. The molecular formula is C10H10F3N3O. The third-order valence-electron chi connectivity index (χ3n) is 3.09. The molecule has 2 aliphatic rings. The van der Waals surface area contributed by atoms with Gasteiger partial charge in [-0.15, -0.1) is 0 Å². The van der Waals surface area contributed by atoms with Crippen molar-refractivity contribution in [3.8, 4) is 0 Å². The van der Waals surface area contributed by atoms with Gasteiger partial charge in [0.1, 0.15) is 5.69 Å². The SMILES string of the molecule is FC(F)(F)c1ccnc(N2CC3CC2CO3)n1. The van der Waals surface area contributed by atoms with Crippen molar-refractivity contribution in [1.82, 2.24) is 9.97 Å². The maximum atomic E-state index is 12.5. The zero-order valence-corrected chi connectivity index (χ0v) is 8.81. The summed E-state index contributed by atoms with van der Waals surface area (Å²) in [6.45, 7) is 1.12. The van der Waals surface area contributed by atoms with E-state index in [-0.39, 0.29) is 18.1 Å². The van der Waals surface area contributed by atoms with Crippen LogP contribution < -0.4 is 4.90 Å². The van der Waals surface area contributed by atoms with E-state index >= 15 is 0 Å². The van der Waals surface area contributed by atoms with Crippen molar-refractivity contribution in [2.24, 2.45) is 0 Å². The van der Waals surface area contributed by atoms with Gasteiger partial charge >= 0.3 is 6.18 Å². The van der Waals surface area contributed by atoms with Crippen LogP contribution in [0.5, 0.6) is 0 Å². The second-order valence-corrected chi connectivity index (χ2v) is 4.24. The highest BCUT2D eigenvalue weighted by molar-refractivity contribution is 5.36. The average molecular weight is 245 g/mol. The molecule has 92 valence electrons. The predicted molar refractivity (Wildman–Crippen MR) is 52.5 cm³/mol. The van der Waals surface area contributed by atoms with Crippen molar-refractivity contribution >= 4 is 5.95 Å². The molecule has 2 fully saturated rings. The van der Waals surface area contributed by atoms with Crippen LogP contribution in [-0.4, -0.2) is 35.3 Å². The Labute approximate surface area is 95.4 Å². The van der Waals surface area contributed by atoms with Gasteiger partial charge in [-0.25, -0.2) is 9.97 Å². The first-order valence-corrected chi connectivity index (χ1v) is 5.32. The van der Waals surface area contributed by atoms with Crippen LogP contribution in [0.2, 0.25) is 0 Å². The standard InChI is InChI=1S/C10H10F3N3O/c11-10(12,13)8-1-2-14-9(15-8)16-4-7-3-6(16)5-17-7/h1-2,6-7H,3-5H2. The molecule has 2 atom stereocenters. The van der Waals surface area contributed by atoms with E-state index in [1.165, 1.54) is 0 Å². The zero-order valence-electron chi connectivity index (χ0n) is 8.81. The molecule has 1 aromatic heterocycles. The summed E-state index contributed by atoms with van der Waals surface area (Å²) in [4.78, 5) is 9.29. The molecule has 17 heavy (non-hydrogen) atoms. The number of fused-ring (bicyclic) bond motifs is 2. The van der Waals surface area contributed by atoms with Crippen molar-refractivity contribution in [3.05, 3.63) is 18.0 Å². The first kappa shape index (κ1) is 10.8. The van der Waals surface area contributed by atoms with Gasteiger partial charge in [0.25, 0.3) is 0 Å². The van der Waals surface area contributed by atoms with E-state index in [9.17, 15) is 13.2 Å². The number of nitrogens with zero attached hydrogens (tertiary/aromatic N) is 3. The fraction of sp³-hybridized carbons (Fsp3) is 0.600. The molecule has 2 saturated heterocycles. The fourth-order valence-corrected chi connectivity index (χ4v) is 2.29. The van der Waals surface area contributed by atoms with E-state index < -0.39 is 11.9 Å². The van der Waals surface area contributed by atoms with Gasteiger partial charge in [-0.05, 0) is 12.5 Å². The summed E-state index contributed by atoms with van der Waals surface area (Å²) in [6.07, 6.45) is -2.32. The van der Waals surface area contributed by atoms with Gasteiger partial charge in [0.2, 0.25) is 5.95 Å². The molecule has 0 spiro atoms. The number of halogens is 3. The molecule has 0 radical (unpaired) electrons. The molecule has 2 aliphatic heterocycles. The molecule has 1 aromatic rings. The fourth-order valence-electron chi connectivity index (χ4n) is 2.29. The maximum Gasteiger partial charge on any atom is 0.433 e. The number of anilines is 1.